The normalized spacial score (nSPS) is 17.4. The molecule has 0 aromatic heterocycles. The van der Waals surface area contributed by atoms with E-state index < -0.39 is 0 Å². The van der Waals surface area contributed by atoms with Crippen molar-refractivity contribution < 1.29 is 4.79 Å². The van der Waals surface area contributed by atoms with Crippen molar-refractivity contribution in [2.75, 3.05) is 5.32 Å². The number of hydrogen-bond acceptors (Lipinski definition) is 1. The van der Waals surface area contributed by atoms with Crippen molar-refractivity contribution >= 4 is 11.6 Å². The molecule has 2 nitrogen and oxygen atoms in total. The minimum absolute atomic E-state index is 0.0534. The van der Waals surface area contributed by atoms with E-state index in [4.69, 9.17) is 0 Å². The summed E-state index contributed by atoms with van der Waals surface area (Å²) in [6.45, 7) is 2.06. The second kappa shape index (κ2) is 4.30. The molecule has 2 aromatic carbocycles. The molecule has 90 valence electrons. The van der Waals surface area contributed by atoms with Gasteiger partial charge in [-0.15, -0.1) is 0 Å². The number of benzene rings is 2. The van der Waals surface area contributed by atoms with Gasteiger partial charge in [0, 0.05) is 5.69 Å². The maximum absolute atomic E-state index is 12.0. The van der Waals surface area contributed by atoms with Crippen LogP contribution in [0.4, 0.5) is 5.69 Å². The van der Waals surface area contributed by atoms with Crippen molar-refractivity contribution in [1.82, 2.24) is 0 Å². The SMILES string of the molecule is Cc1ccc2c(c1)[C@@H](Cc1ccccc1)C(=O)N2. The van der Waals surface area contributed by atoms with Gasteiger partial charge in [0.15, 0.2) is 0 Å². The van der Waals surface area contributed by atoms with Crippen LogP contribution in [-0.4, -0.2) is 5.91 Å². The monoisotopic (exact) mass is 237 g/mol. The van der Waals surface area contributed by atoms with E-state index in [0.29, 0.717) is 0 Å². The molecule has 0 radical (unpaired) electrons. The van der Waals surface area contributed by atoms with E-state index in [1.54, 1.807) is 0 Å². The van der Waals surface area contributed by atoms with Crippen LogP contribution in [-0.2, 0) is 11.2 Å². The van der Waals surface area contributed by atoms with Gasteiger partial charge < -0.3 is 5.32 Å². The first-order valence-corrected chi connectivity index (χ1v) is 6.19. The van der Waals surface area contributed by atoms with Gasteiger partial charge in [-0.1, -0.05) is 48.0 Å². The molecule has 3 rings (SSSR count). The predicted octanol–water partition coefficient (Wildman–Crippen LogP) is 3.27. The van der Waals surface area contributed by atoms with Crippen molar-refractivity contribution in [2.45, 2.75) is 19.3 Å². The lowest BCUT2D eigenvalue weighted by molar-refractivity contribution is -0.117. The van der Waals surface area contributed by atoms with Gasteiger partial charge in [0.25, 0.3) is 0 Å². The van der Waals surface area contributed by atoms with Crippen molar-refractivity contribution in [3.8, 4) is 0 Å². The Morgan fingerprint density at radius 2 is 1.89 bits per heavy atom. The summed E-state index contributed by atoms with van der Waals surface area (Å²) in [4.78, 5) is 12.0. The Bertz CT molecular complexity index is 589. The highest BCUT2D eigenvalue weighted by Crippen LogP contribution is 2.35. The molecule has 0 fully saturated rings. The molecule has 2 aromatic rings. The van der Waals surface area contributed by atoms with Crippen LogP contribution in [0.2, 0.25) is 0 Å². The van der Waals surface area contributed by atoms with E-state index in [1.165, 1.54) is 11.1 Å². The average molecular weight is 237 g/mol. The third-order valence-electron chi connectivity index (χ3n) is 3.44. The lowest BCUT2D eigenvalue weighted by Gasteiger charge is -2.09. The van der Waals surface area contributed by atoms with Gasteiger partial charge in [0.1, 0.15) is 0 Å². The molecule has 1 amide bonds. The average Bonchev–Trinajstić information content (AvgIpc) is 2.67. The van der Waals surface area contributed by atoms with E-state index in [1.807, 2.05) is 30.3 Å². The van der Waals surface area contributed by atoms with Gasteiger partial charge in [-0.25, -0.2) is 0 Å². The summed E-state index contributed by atoms with van der Waals surface area (Å²) in [5, 5.41) is 2.96. The summed E-state index contributed by atoms with van der Waals surface area (Å²) >= 11 is 0. The fourth-order valence-corrected chi connectivity index (χ4v) is 2.50. The highest BCUT2D eigenvalue weighted by atomic mass is 16.2. The highest BCUT2D eigenvalue weighted by molar-refractivity contribution is 6.03. The molecule has 0 saturated heterocycles. The Morgan fingerprint density at radius 1 is 1.11 bits per heavy atom. The summed E-state index contributed by atoms with van der Waals surface area (Å²) in [6, 6.07) is 16.3. The number of aryl methyl sites for hydroxylation is 1. The van der Waals surface area contributed by atoms with E-state index in [2.05, 4.69) is 30.4 Å². The highest BCUT2D eigenvalue weighted by Gasteiger charge is 2.30. The number of carbonyl (C=O) groups is 1. The first-order chi connectivity index (χ1) is 8.74. The zero-order valence-electron chi connectivity index (χ0n) is 10.3. The topological polar surface area (TPSA) is 29.1 Å². The minimum Gasteiger partial charge on any atom is -0.325 e. The van der Waals surface area contributed by atoms with E-state index in [-0.39, 0.29) is 11.8 Å². The fourth-order valence-electron chi connectivity index (χ4n) is 2.50. The first kappa shape index (κ1) is 11.0. The maximum Gasteiger partial charge on any atom is 0.232 e. The lowest BCUT2D eigenvalue weighted by Crippen LogP contribution is -2.14. The molecule has 0 bridgehead atoms. The lowest BCUT2D eigenvalue weighted by atomic mass is 9.92. The summed E-state index contributed by atoms with van der Waals surface area (Å²) in [6.07, 6.45) is 0.767. The second-order valence-corrected chi connectivity index (χ2v) is 4.82. The number of hydrogen-bond donors (Lipinski definition) is 1. The first-order valence-electron chi connectivity index (χ1n) is 6.19. The zero-order chi connectivity index (χ0) is 12.5. The largest absolute Gasteiger partial charge is 0.325 e. The van der Waals surface area contributed by atoms with Gasteiger partial charge in [-0.05, 0) is 30.5 Å². The number of amides is 1. The van der Waals surface area contributed by atoms with Crippen LogP contribution in [0.15, 0.2) is 48.5 Å². The Balaban J connectivity index is 1.94. The van der Waals surface area contributed by atoms with Crippen LogP contribution in [0.3, 0.4) is 0 Å². The summed E-state index contributed by atoms with van der Waals surface area (Å²) in [7, 11) is 0. The molecular formula is C16H15NO. The van der Waals surface area contributed by atoms with Gasteiger partial charge in [-0.2, -0.15) is 0 Å². The van der Waals surface area contributed by atoms with Crippen molar-refractivity contribution in [1.29, 1.82) is 0 Å². The number of anilines is 1. The number of fused-ring (bicyclic) bond motifs is 1. The van der Waals surface area contributed by atoms with Gasteiger partial charge in [-0.3, -0.25) is 4.79 Å². The van der Waals surface area contributed by atoms with Crippen LogP contribution in [0, 0.1) is 6.92 Å². The number of rotatable bonds is 2. The van der Waals surface area contributed by atoms with Crippen molar-refractivity contribution in [2.24, 2.45) is 0 Å². The summed E-state index contributed by atoms with van der Waals surface area (Å²) < 4.78 is 0. The van der Waals surface area contributed by atoms with Gasteiger partial charge >= 0.3 is 0 Å². The standard InChI is InChI=1S/C16H15NO/c1-11-7-8-15-13(9-11)14(16(18)17-15)10-12-5-3-2-4-6-12/h2-9,14H,10H2,1H3,(H,17,18)/t14-/m1/s1. The number of carbonyl (C=O) groups excluding carboxylic acids is 1. The maximum atomic E-state index is 12.0. The van der Waals surface area contributed by atoms with Gasteiger partial charge in [0.2, 0.25) is 5.91 Å². The molecule has 1 heterocycles. The fraction of sp³-hybridized carbons (Fsp3) is 0.188. The summed E-state index contributed by atoms with van der Waals surface area (Å²) in [5.74, 6) is 0.0572. The molecule has 2 heteroatoms. The molecule has 1 aliphatic heterocycles. The van der Waals surface area contributed by atoms with Crippen LogP contribution < -0.4 is 5.32 Å². The molecule has 0 aliphatic carbocycles. The minimum atomic E-state index is -0.0534. The Morgan fingerprint density at radius 3 is 2.67 bits per heavy atom. The molecule has 18 heavy (non-hydrogen) atoms. The summed E-state index contributed by atoms with van der Waals surface area (Å²) in [5.41, 5.74) is 4.49. The second-order valence-electron chi connectivity index (χ2n) is 4.82. The van der Waals surface area contributed by atoms with E-state index in [9.17, 15) is 4.79 Å². The quantitative estimate of drug-likeness (QED) is 0.853. The third kappa shape index (κ3) is 1.90. The van der Waals surface area contributed by atoms with Gasteiger partial charge in [0.05, 0.1) is 5.92 Å². The molecule has 1 atom stereocenters. The van der Waals surface area contributed by atoms with Crippen LogP contribution in [0.5, 0.6) is 0 Å². The molecule has 0 saturated carbocycles. The molecule has 1 aliphatic rings. The van der Waals surface area contributed by atoms with Crippen LogP contribution in [0.25, 0.3) is 0 Å². The number of nitrogens with one attached hydrogen (secondary N) is 1. The van der Waals surface area contributed by atoms with E-state index in [0.717, 1.165) is 17.7 Å². The molecule has 0 spiro atoms. The third-order valence-corrected chi connectivity index (χ3v) is 3.44. The van der Waals surface area contributed by atoms with Crippen molar-refractivity contribution in [3.05, 3.63) is 65.2 Å². The van der Waals surface area contributed by atoms with E-state index >= 15 is 0 Å². The zero-order valence-corrected chi connectivity index (χ0v) is 10.3. The Kier molecular flexibility index (Phi) is 2.63. The molecular weight excluding hydrogens is 222 g/mol. The molecule has 1 N–H and O–H groups in total. The van der Waals surface area contributed by atoms with Crippen molar-refractivity contribution in [3.63, 3.8) is 0 Å². The molecule has 0 unspecified atom stereocenters. The Labute approximate surface area is 107 Å². The van der Waals surface area contributed by atoms with Crippen LogP contribution in [0.1, 0.15) is 22.6 Å². The Hall–Kier alpha value is -2.09. The predicted molar refractivity (Wildman–Crippen MR) is 72.7 cm³/mol. The smallest absolute Gasteiger partial charge is 0.232 e. The van der Waals surface area contributed by atoms with Crippen LogP contribution >= 0.6 is 0 Å².